The first-order valence-electron chi connectivity index (χ1n) is 14.9. The molecule has 3 N–H and O–H groups in total. The number of hydrogen-bond acceptors (Lipinski definition) is 7. The van der Waals surface area contributed by atoms with E-state index in [1.807, 2.05) is 92.0 Å². The van der Waals surface area contributed by atoms with E-state index in [4.69, 9.17) is 4.74 Å². The minimum absolute atomic E-state index is 0.101. The van der Waals surface area contributed by atoms with Crippen molar-refractivity contribution >= 4 is 57.7 Å². The molecule has 0 aliphatic rings. The lowest BCUT2D eigenvalue weighted by Crippen LogP contribution is -2.30. The molecule has 0 aliphatic carbocycles. The lowest BCUT2D eigenvalue weighted by atomic mass is 10.1. The van der Waals surface area contributed by atoms with Crippen molar-refractivity contribution in [2.24, 2.45) is 0 Å². The Morgan fingerprint density at radius 3 is 2.36 bits per heavy atom. The van der Waals surface area contributed by atoms with Crippen LogP contribution in [0.4, 0.5) is 10.8 Å². The van der Waals surface area contributed by atoms with Gasteiger partial charge in [0, 0.05) is 27.1 Å². The van der Waals surface area contributed by atoms with Crippen LogP contribution in [0.25, 0.3) is 17.3 Å². The zero-order valence-electron chi connectivity index (χ0n) is 26.2. The molecule has 10 heteroatoms. The second-order valence-electron chi connectivity index (χ2n) is 10.5. The largest absolute Gasteiger partial charge is 0.497 e. The summed E-state index contributed by atoms with van der Waals surface area (Å²) in [5, 5.41) is 10.7. The van der Waals surface area contributed by atoms with Crippen molar-refractivity contribution < 1.29 is 19.1 Å². The number of nitrogens with one attached hydrogen (secondary N) is 3. The molecule has 238 valence electrons. The molecular weight excluding hydrogens is 629 g/mol. The van der Waals surface area contributed by atoms with Crippen LogP contribution in [0.3, 0.4) is 0 Å². The second-order valence-corrected chi connectivity index (χ2v) is 12.7. The van der Waals surface area contributed by atoms with Crippen LogP contribution in [0, 0.1) is 6.92 Å². The van der Waals surface area contributed by atoms with Gasteiger partial charge in [0.1, 0.15) is 11.4 Å². The molecule has 1 aromatic heterocycles. The lowest BCUT2D eigenvalue weighted by molar-refractivity contribution is -0.116. The third kappa shape index (κ3) is 9.18. The molecule has 1 heterocycles. The first-order chi connectivity index (χ1) is 22.8. The molecule has 8 nitrogen and oxygen atoms in total. The predicted molar refractivity (Wildman–Crippen MR) is 191 cm³/mol. The Morgan fingerprint density at radius 2 is 1.66 bits per heavy atom. The molecule has 5 rings (SSSR count). The minimum Gasteiger partial charge on any atom is -0.497 e. The smallest absolute Gasteiger partial charge is 0.272 e. The van der Waals surface area contributed by atoms with Gasteiger partial charge in [-0.2, -0.15) is 0 Å². The fourth-order valence-electron chi connectivity index (χ4n) is 4.52. The number of aromatic nitrogens is 1. The van der Waals surface area contributed by atoms with Crippen LogP contribution in [0.5, 0.6) is 5.75 Å². The summed E-state index contributed by atoms with van der Waals surface area (Å²) in [5.74, 6) is -0.262. The molecule has 0 fully saturated rings. The van der Waals surface area contributed by atoms with Gasteiger partial charge in [-0.3, -0.25) is 14.4 Å². The molecule has 0 saturated carbocycles. The Bertz CT molecular complexity index is 1870. The lowest BCUT2D eigenvalue weighted by Gasteiger charge is -2.15. The maximum Gasteiger partial charge on any atom is 0.272 e. The second kappa shape index (κ2) is 15.9. The summed E-state index contributed by atoms with van der Waals surface area (Å²) in [7, 11) is 1.62. The van der Waals surface area contributed by atoms with E-state index in [-0.39, 0.29) is 11.6 Å². The van der Waals surface area contributed by atoms with E-state index in [0.29, 0.717) is 22.8 Å². The van der Waals surface area contributed by atoms with Crippen molar-refractivity contribution in [3.8, 4) is 17.0 Å². The molecule has 4 aromatic carbocycles. The van der Waals surface area contributed by atoms with Gasteiger partial charge in [0.2, 0.25) is 5.91 Å². The van der Waals surface area contributed by atoms with Gasteiger partial charge >= 0.3 is 0 Å². The van der Waals surface area contributed by atoms with E-state index in [2.05, 4.69) is 20.9 Å². The number of aryl methyl sites for hydroxylation is 1. The van der Waals surface area contributed by atoms with Crippen molar-refractivity contribution in [3.63, 3.8) is 0 Å². The topological polar surface area (TPSA) is 109 Å². The van der Waals surface area contributed by atoms with Gasteiger partial charge in [-0.15, -0.1) is 23.1 Å². The number of benzene rings is 4. The fourth-order valence-corrected chi connectivity index (χ4v) is 6.25. The molecular formula is C37H34N4O4S2. The van der Waals surface area contributed by atoms with Crippen LogP contribution < -0.4 is 20.7 Å². The number of carbonyl (C=O) groups excluding carboxylic acids is 3. The molecule has 5 aromatic rings. The maximum absolute atomic E-state index is 13.5. The summed E-state index contributed by atoms with van der Waals surface area (Å²) in [5.41, 5.74) is 4.62. The number of amides is 3. The van der Waals surface area contributed by atoms with Gasteiger partial charge in [-0.25, -0.2) is 4.98 Å². The number of thiazole rings is 1. The maximum atomic E-state index is 13.5. The molecule has 0 spiro atoms. The van der Waals surface area contributed by atoms with E-state index in [9.17, 15) is 14.4 Å². The zero-order chi connectivity index (χ0) is 33.2. The first kappa shape index (κ1) is 33.2. The van der Waals surface area contributed by atoms with Crippen molar-refractivity contribution in [2.45, 2.75) is 30.4 Å². The van der Waals surface area contributed by atoms with Crippen LogP contribution in [0.2, 0.25) is 0 Å². The number of carbonyl (C=O) groups is 3. The fraction of sp³-hybridized carbons (Fsp3) is 0.135. The average molecular weight is 663 g/mol. The van der Waals surface area contributed by atoms with Gasteiger partial charge < -0.3 is 20.7 Å². The van der Waals surface area contributed by atoms with Crippen LogP contribution in [0.1, 0.15) is 34.8 Å². The molecule has 1 atom stereocenters. The van der Waals surface area contributed by atoms with Crippen LogP contribution in [-0.2, 0) is 9.59 Å². The molecule has 3 amide bonds. The average Bonchev–Trinajstić information content (AvgIpc) is 3.56. The number of methoxy groups -OCH3 is 1. The zero-order valence-corrected chi connectivity index (χ0v) is 27.8. The van der Waals surface area contributed by atoms with Crippen LogP contribution in [0.15, 0.2) is 119 Å². The summed E-state index contributed by atoms with van der Waals surface area (Å²) in [6.45, 7) is 3.93. The monoisotopic (exact) mass is 662 g/mol. The summed E-state index contributed by atoms with van der Waals surface area (Å²) >= 11 is 2.77. The molecule has 0 bridgehead atoms. The number of hydrogen-bond donors (Lipinski definition) is 3. The Kier molecular flexibility index (Phi) is 11.2. The van der Waals surface area contributed by atoms with Gasteiger partial charge in [0.25, 0.3) is 11.8 Å². The Hall–Kier alpha value is -5.19. The molecule has 47 heavy (non-hydrogen) atoms. The van der Waals surface area contributed by atoms with E-state index in [1.54, 1.807) is 43.5 Å². The highest BCUT2D eigenvalue weighted by atomic mass is 32.2. The summed E-state index contributed by atoms with van der Waals surface area (Å²) in [4.78, 5) is 45.1. The Balaban J connectivity index is 1.26. The highest BCUT2D eigenvalue weighted by Crippen LogP contribution is 2.31. The van der Waals surface area contributed by atoms with Crippen molar-refractivity contribution in [1.82, 2.24) is 10.3 Å². The van der Waals surface area contributed by atoms with Gasteiger partial charge in [0.15, 0.2) is 5.13 Å². The van der Waals surface area contributed by atoms with Crippen molar-refractivity contribution in [1.29, 1.82) is 0 Å². The van der Waals surface area contributed by atoms with Gasteiger partial charge in [-0.1, -0.05) is 61.0 Å². The molecule has 0 radical (unpaired) electrons. The number of thioether (sulfide) groups is 1. The summed E-state index contributed by atoms with van der Waals surface area (Å²) in [6, 6.07) is 31.3. The van der Waals surface area contributed by atoms with E-state index in [0.717, 1.165) is 33.0 Å². The van der Waals surface area contributed by atoms with Gasteiger partial charge in [0.05, 0.1) is 18.1 Å². The van der Waals surface area contributed by atoms with Crippen molar-refractivity contribution in [2.75, 3.05) is 17.7 Å². The number of ether oxygens (including phenoxy) is 1. The van der Waals surface area contributed by atoms with E-state index in [1.165, 1.54) is 23.1 Å². The van der Waals surface area contributed by atoms with E-state index >= 15 is 0 Å². The third-order valence-corrected chi connectivity index (χ3v) is 9.19. The first-order valence-corrected chi connectivity index (χ1v) is 16.7. The highest BCUT2D eigenvalue weighted by molar-refractivity contribution is 8.00. The summed E-state index contributed by atoms with van der Waals surface area (Å²) < 4.78 is 5.23. The normalized spacial score (nSPS) is 11.8. The molecule has 0 aliphatic heterocycles. The third-order valence-electron chi connectivity index (χ3n) is 7.07. The summed E-state index contributed by atoms with van der Waals surface area (Å²) in [6.07, 6.45) is 2.23. The Morgan fingerprint density at radius 1 is 0.915 bits per heavy atom. The number of anilines is 2. The van der Waals surface area contributed by atoms with Crippen LogP contribution in [-0.4, -0.2) is 35.1 Å². The van der Waals surface area contributed by atoms with E-state index < -0.39 is 17.1 Å². The SMILES string of the molecule is CCC(Sc1cccc(NC(=O)/C(=C/c2ccc(C)cc2)NC(=O)c2ccccc2)c1)C(=O)Nc1nc(-c2ccc(OC)cc2)cs1. The quantitative estimate of drug-likeness (QED) is 0.0922. The number of nitrogens with zero attached hydrogens (tertiary/aromatic N) is 1. The molecule has 1 unspecified atom stereocenters. The Labute approximate surface area is 282 Å². The highest BCUT2D eigenvalue weighted by Gasteiger charge is 2.21. The van der Waals surface area contributed by atoms with Crippen molar-refractivity contribution in [3.05, 3.63) is 131 Å². The van der Waals surface area contributed by atoms with Gasteiger partial charge in [-0.05, 0) is 79.6 Å². The molecule has 0 saturated heterocycles. The standard InChI is InChI=1S/C37H34N4O4S2/c1-4-33(36(44)41-37-40-32(23-46-37)26-17-19-29(45-3)20-18-26)47-30-12-8-11-28(22-30)38-35(43)31(21-25-15-13-24(2)14-16-25)39-34(42)27-9-6-5-7-10-27/h5-23,33H,4H2,1-3H3,(H,38,43)(H,39,42)(H,40,41,44)/b31-21-. The predicted octanol–water partition coefficient (Wildman–Crippen LogP) is 8.05. The number of rotatable bonds is 12. The minimum atomic E-state index is -0.474. The van der Waals surface area contributed by atoms with Crippen LogP contribution >= 0.6 is 23.1 Å².